The highest BCUT2D eigenvalue weighted by Crippen LogP contribution is 1.96. The van der Waals surface area contributed by atoms with Crippen LogP contribution in [0.5, 0.6) is 0 Å². The lowest BCUT2D eigenvalue weighted by molar-refractivity contribution is -0.125. The minimum Gasteiger partial charge on any atom is -0.354 e. The van der Waals surface area contributed by atoms with Crippen LogP contribution in [-0.4, -0.2) is 27.5 Å². The summed E-state index contributed by atoms with van der Waals surface area (Å²) in [6.45, 7) is 4.87. The molecule has 0 atom stereocenters. The molecule has 1 rings (SSSR count). The molecule has 0 saturated carbocycles. The number of hydrogen-bond acceptors (Lipinski definition) is 3. The third kappa shape index (κ3) is 4.12. The molecule has 84 valence electrons. The van der Waals surface area contributed by atoms with Gasteiger partial charge in [-0.05, 0) is 20.3 Å². The van der Waals surface area contributed by atoms with Gasteiger partial charge in [0.2, 0.25) is 5.91 Å². The van der Waals surface area contributed by atoms with Gasteiger partial charge in [0.25, 0.3) is 0 Å². The molecule has 1 heterocycles. The fourth-order valence-corrected chi connectivity index (χ4v) is 1.11. The Kier molecular flexibility index (Phi) is 3.85. The van der Waals surface area contributed by atoms with Gasteiger partial charge in [-0.25, -0.2) is 4.98 Å². The number of nitrogens with zero attached hydrogens (tertiary/aromatic N) is 2. The number of amides is 1. The van der Waals surface area contributed by atoms with Gasteiger partial charge in [0, 0.05) is 25.5 Å². The van der Waals surface area contributed by atoms with Crippen molar-refractivity contribution in [2.75, 3.05) is 6.54 Å². The SMILES string of the molecule is CC(C)(N)C(=O)NCCCn1ccnc1. The fraction of sp³-hybridized carbons (Fsp3) is 0.600. The smallest absolute Gasteiger partial charge is 0.239 e. The van der Waals surface area contributed by atoms with Crippen molar-refractivity contribution in [2.45, 2.75) is 32.4 Å². The number of imidazole rings is 1. The van der Waals surface area contributed by atoms with Crippen LogP contribution in [0.2, 0.25) is 0 Å². The zero-order chi connectivity index (χ0) is 11.3. The summed E-state index contributed by atoms with van der Waals surface area (Å²) in [6, 6.07) is 0. The van der Waals surface area contributed by atoms with Crippen LogP contribution in [0, 0.1) is 0 Å². The number of nitrogens with one attached hydrogen (secondary N) is 1. The van der Waals surface area contributed by atoms with Gasteiger partial charge >= 0.3 is 0 Å². The first-order chi connectivity index (χ1) is 7.00. The molecule has 5 nitrogen and oxygen atoms in total. The Bertz CT molecular complexity index is 300. The van der Waals surface area contributed by atoms with E-state index in [4.69, 9.17) is 5.73 Å². The molecule has 3 N–H and O–H groups in total. The quantitative estimate of drug-likeness (QED) is 0.678. The van der Waals surface area contributed by atoms with Gasteiger partial charge in [0.1, 0.15) is 0 Å². The highest BCUT2D eigenvalue weighted by Gasteiger charge is 2.20. The standard InChI is InChI=1S/C10H18N4O/c1-10(2,11)9(15)13-4-3-6-14-7-5-12-8-14/h5,7-8H,3-4,6,11H2,1-2H3,(H,13,15). The van der Waals surface area contributed by atoms with E-state index in [0.29, 0.717) is 6.54 Å². The van der Waals surface area contributed by atoms with E-state index >= 15 is 0 Å². The molecule has 5 heteroatoms. The Balaban J connectivity index is 2.15. The van der Waals surface area contributed by atoms with Crippen LogP contribution in [0.25, 0.3) is 0 Å². The molecule has 15 heavy (non-hydrogen) atoms. The van der Waals surface area contributed by atoms with Gasteiger partial charge in [0.05, 0.1) is 11.9 Å². The second-order valence-electron chi connectivity index (χ2n) is 4.13. The molecule has 1 amide bonds. The fourth-order valence-electron chi connectivity index (χ4n) is 1.11. The summed E-state index contributed by atoms with van der Waals surface area (Å²) in [5.74, 6) is -0.117. The number of nitrogens with two attached hydrogens (primary N) is 1. The summed E-state index contributed by atoms with van der Waals surface area (Å²) in [4.78, 5) is 15.3. The van der Waals surface area contributed by atoms with Gasteiger partial charge in [-0.3, -0.25) is 4.79 Å². The van der Waals surface area contributed by atoms with Crippen LogP contribution >= 0.6 is 0 Å². The maximum absolute atomic E-state index is 11.4. The van der Waals surface area contributed by atoms with Gasteiger partial charge in [0.15, 0.2) is 0 Å². The van der Waals surface area contributed by atoms with Crippen molar-refractivity contribution in [3.63, 3.8) is 0 Å². The molecule has 0 aromatic carbocycles. The predicted molar refractivity (Wildman–Crippen MR) is 58.1 cm³/mol. The van der Waals surface area contributed by atoms with Crippen molar-refractivity contribution in [3.05, 3.63) is 18.7 Å². The molecule has 0 fully saturated rings. The lowest BCUT2D eigenvalue weighted by Crippen LogP contribution is -2.49. The lowest BCUT2D eigenvalue weighted by atomic mass is 10.1. The van der Waals surface area contributed by atoms with Gasteiger partial charge in [-0.1, -0.05) is 0 Å². The molecule has 0 spiro atoms. The minimum absolute atomic E-state index is 0.117. The molecular weight excluding hydrogens is 192 g/mol. The normalized spacial score (nSPS) is 11.4. The Labute approximate surface area is 89.7 Å². The van der Waals surface area contributed by atoms with Crippen LogP contribution in [0.3, 0.4) is 0 Å². The molecule has 1 aromatic heterocycles. The number of aryl methyl sites for hydroxylation is 1. The zero-order valence-corrected chi connectivity index (χ0v) is 9.23. The second-order valence-corrected chi connectivity index (χ2v) is 4.13. The average Bonchev–Trinajstić information content (AvgIpc) is 2.63. The van der Waals surface area contributed by atoms with Crippen molar-refractivity contribution in [1.82, 2.24) is 14.9 Å². The van der Waals surface area contributed by atoms with E-state index < -0.39 is 5.54 Å². The Morgan fingerprint density at radius 3 is 2.87 bits per heavy atom. The van der Waals surface area contributed by atoms with E-state index in [-0.39, 0.29) is 5.91 Å². The minimum atomic E-state index is -0.797. The maximum Gasteiger partial charge on any atom is 0.239 e. The van der Waals surface area contributed by atoms with Gasteiger partial charge in [-0.15, -0.1) is 0 Å². The molecule has 0 radical (unpaired) electrons. The molecule has 0 unspecified atom stereocenters. The summed E-state index contributed by atoms with van der Waals surface area (Å²) in [5, 5.41) is 2.79. The topological polar surface area (TPSA) is 72.9 Å². The van der Waals surface area contributed by atoms with Crippen molar-refractivity contribution < 1.29 is 4.79 Å². The summed E-state index contributed by atoms with van der Waals surface area (Å²) in [5.41, 5.74) is 4.83. The van der Waals surface area contributed by atoms with E-state index in [1.807, 2.05) is 10.8 Å². The first-order valence-corrected chi connectivity index (χ1v) is 5.03. The lowest BCUT2D eigenvalue weighted by Gasteiger charge is -2.17. The third-order valence-electron chi connectivity index (χ3n) is 2.02. The second kappa shape index (κ2) is 4.93. The third-order valence-corrected chi connectivity index (χ3v) is 2.02. The number of rotatable bonds is 5. The molecule has 0 aliphatic carbocycles. The van der Waals surface area contributed by atoms with E-state index in [2.05, 4.69) is 10.3 Å². The van der Waals surface area contributed by atoms with Crippen LogP contribution in [0.15, 0.2) is 18.7 Å². The monoisotopic (exact) mass is 210 g/mol. The largest absolute Gasteiger partial charge is 0.354 e. The number of carbonyl (C=O) groups excluding carboxylic acids is 1. The molecule has 0 bridgehead atoms. The Morgan fingerprint density at radius 2 is 2.33 bits per heavy atom. The van der Waals surface area contributed by atoms with E-state index in [0.717, 1.165) is 13.0 Å². The maximum atomic E-state index is 11.4. The molecule has 0 aliphatic heterocycles. The van der Waals surface area contributed by atoms with Crippen molar-refractivity contribution in [3.8, 4) is 0 Å². The van der Waals surface area contributed by atoms with Crippen molar-refractivity contribution in [2.24, 2.45) is 5.73 Å². The van der Waals surface area contributed by atoms with E-state index in [1.165, 1.54) is 0 Å². The first-order valence-electron chi connectivity index (χ1n) is 5.03. The van der Waals surface area contributed by atoms with Crippen molar-refractivity contribution >= 4 is 5.91 Å². The van der Waals surface area contributed by atoms with Crippen molar-refractivity contribution in [1.29, 1.82) is 0 Å². The highest BCUT2D eigenvalue weighted by molar-refractivity contribution is 5.84. The summed E-state index contributed by atoms with van der Waals surface area (Å²) < 4.78 is 1.97. The number of aromatic nitrogens is 2. The van der Waals surface area contributed by atoms with Crippen LogP contribution in [-0.2, 0) is 11.3 Å². The summed E-state index contributed by atoms with van der Waals surface area (Å²) in [6.07, 6.45) is 6.27. The average molecular weight is 210 g/mol. The predicted octanol–water partition coefficient (Wildman–Crippen LogP) is 0.127. The van der Waals surface area contributed by atoms with Crippen LogP contribution in [0.1, 0.15) is 20.3 Å². The number of hydrogen-bond donors (Lipinski definition) is 2. The molecule has 0 aliphatic rings. The van der Waals surface area contributed by atoms with Gasteiger partial charge < -0.3 is 15.6 Å². The molecule has 0 saturated heterocycles. The number of carbonyl (C=O) groups is 1. The van der Waals surface area contributed by atoms with Gasteiger partial charge in [-0.2, -0.15) is 0 Å². The van der Waals surface area contributed by atoms with E-state index in [9.17, 15) is 4.79 Å². The zero-order valence-electron chi connectivity index (χ0n) is 9.23. The summed E-state index contributed by atoms with van der Waals surface area (Å²) >= 11 is 0. The summed E-state index contributed by atoms with van der Waals surface area (Å²) in [7, 11) is 0. The Morgan fingerprint density at radius 1 is 1.60 bits per heavy atom. The van der Waals surface area contributed by atoms with Crippen LogP contribution in [0.4, 0.5) is 0 Å². The molecular formula is C10H18N4O. The Hall–Kier alpha value is -1.36. The van der Waals surface area contributed by atoms with E-state index in [1.54, 1.807) is 26.4 Å². The van der Waals surface area contributed by atoms with Crippen LogP contribution < -0.4 is 11.1 Å². The first kappa shape index (κ1) is 11.7. The highest BCUT2D eigenvalue weighted by atomic mass is 16.2. The molecule has 1 aromatic rings.